The average Bonchev–Trinajstić information content (AvgIpc) is 2.77. The SMILES string of the molecule is CCC(N)c1noc(-c2c(Cl)cccc2Cl)n1. The molecule has 1 aromatic heterocycles. The van der Waals surface area contributed by atoms with Crippen LogP contribution in [0.25, 0.3) is 11.5 Å². The van der Waals surface area contributed by atoms with Gasteiger partial charge in [0.05, 0.1) is 21.7 Å². The Morgan fingerprint density at radius 2 is 2.00 bits per heavy atom. The molecule has 6 heteroatoms. The summed E-state index contributed by atoms with van der Waals surface area (Å²) in [6, 6.07) is 4.94. The van der Waals surface area contributed by atoms with E-state index in [2.05, 4.69) is 10.1 Å². The van der Waals surface area contributed by atoms with Crippen molar-refractivity contribution in [1.29, 1.82) is 0 Å². The quantitative estimate of drug-likeness (QED) is 0.929. The van der Waals surface area contributed by atoms with E-state index < -0.39 is 0 Å². The molecular weight excluding hydrogens is 261 g/mol. The highest BCUT2D eigenvalue weighted by molar-refractivity contribution is 6.38. The Balaban J connectivity index is 2.44. The van der Waals surface area contributed by atoms with Gasteiger partial charge in [-0.2, -0.15) is 4.98 Å². The van der Waals surface area contributed by atoms with Crippen LogP contribution in [0.4, 0.5) is 0 Å². The maximum atomic E-state index is 6.04. The van der Waals surface area contributed by atoms with E-state index in [1.807, 2.05) is 6.92 Å². The maximum absolute atomic E-state index is 6.04. The van der Waals surface area contributed by atoms with Crippen LogP contribution in [0, 0.1) is 0 Å². The largest absolute Gasteiger partial charge is 0.334 e. The number of rotatable bonds is 3. The Morgan fingerprint density at radius 1 is 1.35 bits per heavy atom. The number of nitrogens with zero attached hydrogens (tertiary/aromatic N) is 2. The van der Waals surface area contributed by atoms with Crippen molar-refractivity contribution in [2.24, 2.45) is 5.73 Å². The lowest BCUT2D eigenvalue weighted by Gasteiger charge is -2.01. The standard InChI is InChI=1S/C11H11Cl2N3O/c1-2-8(14)10-15-11(17-16-10)9-6(12)4-3-5-7(9)13/h3-5,8H,2,14H2,1H3. The van der Waals surface area contributed by atoms with Gasteiger partial charge >= 0.3 is 0 Å². The zero-order valence-electron chi connectivity index (χ0n) is 9.15. The first-order valence-corrected chi connectivity index (χ1v) is 5.92. The zero-order valence-corrected chi connectivity index (χ0v) is 10.7. The predicted octanol–water partition coefficient (Wildman–Crippen LogP) is 3.45. The van der Waals surface area contributed by atoms with Gasteiger partial charge in [-0.1, -0.05) is 41.3 Å². The minimum Gasteiger partial charge on any atom is -0.334 e. The molecule has 90 valence electrons. The van der Waals surface area contributed by atoms with Gasteiger partial charge in [-0.05, 0) is 18.6 Å². The Hall–Kier alpha value is -1.10. The first kappa shape index (κ1) is 12.4. The lowest BCUT2D eigenvalue weighted by atomic mass is 10.2. The number of aromatic nitrogens is 2. The third-order valence-electron chi connectivity index (χ3n) is 2.39. The van der Waals surface area contributed by atoms with Crippen LogP contribution in [0.15, 0.2) is 22.7 Å². The van der Waals surface area contributed by atoms with Crippen LogP contribution in [0.5, 0.6) is 0 Å². The summed E-state index contributed by atoms with van der Waals surface area (Å²) in [6.45, 7) is 1.95. The van der Waals surface area contributed by atoms with E-state index in [4.69, 9.17) is 33.5 Å². The number of nitrogens with two attached hydrogens (primary N) is 1. The minimum atomic E-state index is -0.242. The van der Waals surface area contributed by atoms with Crippen LogP contribution in [-0.4, -0.2) is 10.1 Å². The molecule has 0 bridgehead atoms. The Morgan fingerprint density at radius 3 is 2.59 bits per heavy atom. The van der Waals surface area contributed by atoms with Crippen molar-refractivity contribution in [3.63, 3.8) is 0 Å². The molecule has 0 fully saturated rings. The second-order valence-corrected chi connectivity index (χ2v) is 4.38. The molecule has 1 heterocycles. The topological polar surface area (TPSA) is 64.9 Å². The van der Waals surface area contributed by atoms with Crippen LogP contribution >= 0.6 is 23.2 Å². The summed E-state index contributed by atoms with van der Waals surface area (Å²) in [7, 11) is 0. The molecule has 1 unspecified atom stereocenters. The number of benzene rings is 1. The molecule has 0 saturated heterocycles. The van der Waals surface area contributed by atoms with E-state index in [0.717, 1.165) is 6.42 Å². The van der Waals surface area contributed by atoms with Gasteiger partial charge in [-0.3, -0.25) is 0 Å². The normalized spacial score (nSPS) is 12.7. The minimum absolute atomic E-state index is 0.242. The van der Waals surface area contributed by atoms with Crippen molar-refractivity contribution in [3.05, 3.63) is 34.1 Å². The predicted molar refractivity (Wildman–Crippen MR) is 67.0 cm³/mol. The highest BCUT2D eigenvalue weighted by Gasteiger charge is 2.17. The second kappa shape index (κ2) is 5.04. The lowest BCUT2D eigenvalue weighted by molar-refractivity contribution is 0.415. The fraction of sp³-hybridized carbons (Fsp3) is 0.273. The highest BCUT2D eigenvalue weighted by Crippen LogP contribution is 2.33. The van der Waals surface area contributed by atoms with Crippen molar-refractivity contribution < 1.29 is 4.52 Å². The molecule has 0 aliphatic rings. The first-order valence-electron chi connectivity index (χ1n) is 5.17. The van der Waals surface area contributed by atoms with Crippen molar-refractivity contribution in [3.8, 4) is 11.5 Å². The molecule has 0 amide bonds. The zero-order chi connectivity index (χ0) is 12.4. The van der Waals surface area contributed by atoms with Gasteiger partial charge in [0, 0.05) is 0 Å². The van der Waals surface area contributed by atoms with Gasteiger partial charge in [-0.25, -0.2) is 0 Å². The number of hydrogen-bond donors (Lipinski definition) is 1. The molecule has 0 radical (unpaired) electrons. The van der Waals surface area contributed by atoms with E-state index in [1.54, 1.807) is 18.2 Å². The summed E-state index contributed by atoms with van der Waals surface area (Å²) in [5.74, 6) is 0.748. The summed E-state index contributed by atoms with van der Waals surface area (Å²) in [4.78, 5) is 4.20. The Bertz CT molecular complexity index is 507. The molecule has 1 aromatic carbocycles. The molecule has 4 nitrogen and oxygen atoms in total. The average molecular weight is 272 g/mol. The van der Waals surface area contributed by atoms with E-state index in [0.29, 0.717) is 27.3 Å². The number of hydrogen-bond acceptors (Lipinski definition) is 4. The molecule has 17 heavy (non-hydrogen) atoms. The smallest absolute Gasteiger partial charge is 0.261 e. The van der Waals surface area contributed by atoms with Crippen LogP contribution in [0.2, 0.25) is 10.0 Å². The van der Waals surface area contributed by atoms with Crippen molar-refractivity contribution >= 4 is 23.2 Å². The van der Waals surface area contributed by atoms with Crippen LogP contribution in [0.3, 0.4) is 0 Å². The van der Waals surface area contributed by atoms with Gasteiger partial charge in [0.25, 0.3) is 5.89 Å². The van der Waals surface area contributed by atoms with Crippen LogP contribution < -0.4 is 5.73 Å². The first-order chi connectivity index (χ1) is 8.13. The van der Waals surface area contributed by atoms with E-state index in [1.165, 1.54) is 0 Å². The third kappa shape index (κ3) is 2.44. The fourth-order valence-corrected chi connectivity index (χ4v) is 1.93. The fourth-order valence-electron chi connectivity index (χ4n) is 1.37. The summed E-state index contributed by atoms with van der Waals surface area (Å²) in [5.41, 5.74) is 6.35. The van der Waals surface area contributed by atoms with Crippen LogP contribution in [0.1, 0.15) is 25.2 Å². The summed E-state index contributed by atoms with van der Waals surface area (Å²) >= 11 is 12.1. The maximum Gasteiger partial charge on any atom is 0.261 e. The van der Waals surface area contributed by atoms with Gasteiger partial charge in [0.15, 0.2) is 5.82 Å². The van der Waals surface area contributed by atoms with Crippen LogP contribution in [-0.2, 0) is 0 Å². The third-order valence-corrected chi connectivity index (χ3v) is 3.02. The van der Waals surface area contributed by atoms with Gasteiger partial charge in [0.1, 0.15) is 0 Å². The molecule has 1 atom stereocenters. The van der Waals surface area contributed by atoms with E-state index in [9.17, 15) is 0 Å². The Kier molecular flexibility index (Phi) is 3.66. The van der Waals surface area contributed by atoms with Crippen molar-refractivity contribution in [1.82, 2.24) is 10.1 Å². The monoisotopic (exact) mass is 271 g/mol. The summed E-state index contributed by atoms with van der Waals surface area (Å²) in [6.07, 6.45) is 0.731. The molecule has 0 aliphatic carbocycles. The van der Waals surface area contributed by atoms with Crippen molar-refractivity contribution in [2.45, 2.75) is 19.4 Å². The molecule has 2 aromatic rings. The molecule has 2 N–H and O–H groups in total. The molecule has 0 saturated carbocycles. The summed E-state index contributed by atoms with van der Waals surface area (Å²) in [5, 5.41) is 4.76. The highest BCUT2D eigenvalue weighted by atomic mass is 35.5. The number of halogens is 2. The molecule has 2 rings (SSSR count). The molecule has 0 aliphatic heterocycles. The Labute approximate surface area is 109 Å². The summed E-state index contributed by atoms with van der Waals surface area (Å²) < 4.78 is 5.13. The molecular formula is C11H11Cl2N3O. The van der Waals surface area contributed by atoms with Crippen molar-refractivity contribution in [2.75, 3.05) is 0 Å². The van der Waals surface area contributed by atoms with Gasteiger partial charge < -0.3 is 10.3 Å². The van der Waals surface area contributed by atoms with Gasteiger partial charge in [0.2, 0.25) is 0 Å². The second-order valence-electron chi connectivity index (χ2n) is 3.57. The lowest BCUT2D eigenvalue weighted by Crippen LogP contribution is -2.10. The van der Waals surface area contributed by atoms with E-state index >= 15 is 0 Å². The van der Waals surface area contributed by atoms with Gasteiger partial charge in [-0.15, -0.1) is 0 Å². The van der Waals surface area contributed by atoms with E-state index in [-0.39, 0.29) is 6.04 Å². The molecule has 0 spiro atoms.